The highest BCUT2D eigenvalue weighted by molar-refractivity contribution is 6.05. The maximum atomic E-state index is 13.8. The zero-order valence-corrected chi connectivity index (χ0v) is 20.0. The van der Waals surface area contributed by atoms with Crippen molar-refractivity contribution in [3.63, 3.8) is 0 Å². The second-order valence-electron chi connectivity index (χ2n) is 8.65. The van der Waals surface area contributed by atoms with Gasteiger partial charge in [-0.05, 0) is 53.6 Å². The highest BCUT2D eigenvalue weighted by Gasteiger charge is 2.22. The highest BCUT2D eigenvalue weighted by Crippen LogP contribution is 2.42. The van der Waals surface area contributed by atoms with Gasteiger partial charge in [-0.1, -0.05) is 42.5 Å². The maximum Gasteiger partial charge on any atom is 0.182 e. The summed E-state index contributed by atoms with van der Waals surface area (Å²) in [5, 5.41) is 5.48. The topological polar surface area (TPSA) is 65.7 Å². The largest absolute Gasteiger partial charge is 0.489 e. The zero-order chi connectivity index (χ0) is 25.2. The fourth-order valence-corrected chi connectivity index (χ4v) is 4.41. The summed E-state index contributed by atoms with van der Waals surface area (Å²) < 4.78 is 21.5. The summed E-state index contributed by atoms with van der Waals surface area (Å²) in [4.78, 5) is 13.6. The van der Waals surface area contributed by atoms with Gasteiger partial charge in [0, 0.05) is 41.5 Å². The van der Waals surface area contributed by atoms with Crippen LogP contribution in [-0.2, 0) is 13.7 Å². The van der Waals surface area contributed by atoms with Crippen LogP contribution < -0.4 is 4.74 Å². The van der Waals surface area contributed by atoms with Gasteiger partial charge in [0.05, 0.1) is 11.4 Å². The normalized spacial score (nSPS) is 11.1. The minimum absolute atomic E-state index is 0.308. The molecule has 0 saturated carbocycles. The lowest BCUT2D eigenvalue weighted by atomic mass is 9.91. The molecule has 0 radical (unpaired) electrons. The molecule has 0 aliphatic rings. The first-order valence-corrected chi connectivity index (χ1v) is 11.8. The summed E-state index contributed by atoms with van der Waals surface area (Å²) in [6.07, 6.45) is 5.17. The Morgan fingerprint density at radius 3 is 2.32 bits per heavy atom. The molecular formula is C30H22FN5O. The maximum absolute atomic E-state index is 13.8. The number of fused-ring (bicyclic) bond motifs is 1. The van der Waals surface area contributed by atoms with Crippen LogP contribution in [0.5, 0.6) is 5.75 Å². The molecule has 0 aliphatic carbocycles. The van der Waals surface area contributed by atoms with Crippen molar-refractivity contribution in [3.05, 3.63) is 115 Å². The molecule has 3 aromatic heterocycles. The number of benzene rings is 3. The highest BCUT2D eigenvalue weighted by atomic mass is 19.1. The molecule has 0 N–H and O–H groups in total. The van der Waals surface area contributed by atoms with E-state index in [4.69, 9.17) is 9.72 Å². The third-order valence-corrected chi connectivity index (χ3v) is 6.13. The summed E-state index contributed by atoms with van der Waals surface area (Å²) in [7, 11) is 1.87. The predicted molar refractivity (Wildman–Crippen MR) is 141 cm³/mol. The van der Waals surface area contributed by atoms with Gasteiger partial charge >= 0.3 is 0 Å². The van der Waals surface area contributed by atoms with E-state index in [1.807, 2.05) is 73.9 Å². The molecule has 6 nitrogen and oxygen atoms in total. The van der Waals surface area contributed by atoms with E-state index < -0.39 is 0 Å². The Morgan fingerprint density at radius 2 is 1.59 bits per heavy atom. The number of rotatable bonds is 6. The molecule has 37 heavy (non-hydrogen) atoms. The third-order valence-electron chi connectivity index (χ3n) is 6.13. The fraction of sp³-hybridized carbons (Fsp3) is 0.0667. The first-order chi connectivity index (χ1) is 18.2. The molecule has 0 fully saturated rings. The van der Waals surface area contributed by atoms with Gasteiger partial charge in [-0.2, -0.15) is 5.10 Å². The van der Waals surface area contributed by atoms with Crippen molar-refractivity contribution >= 4 is 11.0 Å². The van der Waals surface area contributed by atoms with Gasteiger partial charge in [0.2, 0.25) is 0 Å². The number of hydrogen-bond donors (Lipinski definition) is 0. The smallest absolute Gasteiger partial charge is 0.182 e. The lowest BCUT2D eigenvalue weighted by Gasteiger charge is -2.16. The second kappa shape index (κ2) is 9.62. The van der Waals surface area contributed by atoms with Crippen LogP contribution in [0, 0.1) is 5.82 Å². The monoisotopic (exact) mass is 487 g/mol. The Kier molecular flexibility index (Phi) is 5.86. The molecule has 0 unspecified atom stereocenters. The molecule has 0 aliphatic heterocycles. The van der Waals surface area contributed by atoms with Gasteiger partial charge in [0.25, 0.3) is 0 Å². The number of halogens is 1. The summed E-state index contributed by atoms with van der Waals surface area (Å²) in [6, 6.07) is 26.2. The van der Waals surface area contributed by atoms with Crippen LogP contribution in [0.1, 0.15) is 5.56 Å². The van der Waals surface area contributed by atoms with Gasteiger partial charge in [-0.15, -0.1) is 0 Å². The Labute approximate surface area is 213 Å². The van der Waals surface area contributed by atoms with Crippen molar-refractivity contribution < 1.29 is 9.13 Å². The van der Waals surface area contributed by atoms with Crippen molar-refractivity contribution in [1.82, 2.24) is 24.7 Å². The summed E-state index contributed by atoms with van der Waals surface area (Å²) in [5.74, 6) is 0.462. The predicted octanol–water partition coefficient (Wildman–Crippen LogP) is 6.48. The molecule has 0 bridgehead atoms. The van der Waals surface area contributed by atoms with Gasteiger partial charge in [0.15, 0.2) is 5.65 Å². The second-order valence-corrected chi connectivity index (χ2v) is 8.65. The van der Waals surface area contributed by atoms with Gasteiger partial charge in [-0.3, -0.25) is 4.68 Å². The molecule has 7 heteroatoms. The van der Waals surface area contributed by atoms with Crippen molar-refractivity contribution in [2.24, 2.45) is 7.05 Å². The minimum atomic E-state index is -0.308. The summed E-state index contributed by atoms with van der Waals surface area (Å²) in [5.41, 5.74) is 6.58. The van der Waals surface area contributed by atoms with Crippen molar-refractivity contribution in [2.75, 3.05) is 0 Å². The number of hydrogen-bond acceptors (Lipinski definition) is 5. The van der Waals surface area contributed by atoms with Crippen molar-refractivity contribution in [1.29, 1.82) is 0 Å². The summed E-state index contributed by atoms with van der Waals surface area (Å²) in [6.45, 7) is 0.489. The molecule has 6 aromatic rings. The lowest BCUT2D eigenvalue weighted by molar-refractivity contribution is 0.306. The van der Waals surface area contributed by atoms with Crippen LogP contribution in [0.25, 0.3) is 44.7 Å². The first-order valence-electron chi connectivity index (χ1n) is 11.8. The number of pyridine rings is 1. The average Bonchev–Trinajstić information content (AvgIpc) is 3.32. The Morgan fingerprint density at radius 1 is 0.838 bits per heavy atom. The van der Waals surface area contributed by atoms with Gasteiger partial charge < -0.3 is 4.74 Å². The number of nitrogens with zero attached hydrogens (tertiary/aromatic N) is 5. The van der Waals surface area contributed by atoms with E-state index in [0.717, 1.165) is 39.0 Å². The molecule has 0 amide bonds. The van der Waals surface area contributed by atoms with Crippen LogP contribution in [-0.4, -0.2) is 24.7 Å². The minimum Gasteiger partial charge on any atom is -0.489 e. The van der Waals surface area contributed by atoms with Crippen LogP contribution in [0.3, 0.4) is 0 Å². The molecule has 0 atom stereocenters. The molecule has 0 saturated heterocycles. The Balaban J connectivity index is 1.52. The number of ether oxygens (including phenoxy) is 1. The van der Waals surface area contributed by atoms with Crippen LogP contribution in [0.4, 0.5) is 4.39 Å². The fourth-order valence-electron chi connectivity index (χ4n) is 4.41. The Bertz CT molecular complexity index is 1670. The average molecular weight is 488 g/mol. The third kappa shape index (κ3) is 4.54. The van der Waals surface area contributed by atoms with Crippen LogP contribution >= 0.6 is 0 Å². The quantitative estimate of drug-likeness (QED) is 0.269. The Hall–Kier alpha value is -4.91. The van der Waals surface area contributed by atoms with Gasteiger partial charge in [-0.25, -0.2) is 19.3 Å². The molecular weight excluding hydrogens is 465 g/mol. The number of aromatic nitrogens is 5. The van der Waals surface area contributed by atoms with E-state index in [9.17, 15) is 4.39 Å². The standard InChI is InChI=1S/C30H22FN5O/c1-36-17-25-27(21-9-13-24(14-10-21)37-18-20-5-3-2-4-6-20)28(26-15-16-32-19-33-26)29(34-30(25)35-36)22-7-11-23(31)12-8-22/h2-17,19H,18H2,1H3. The number of aryl methyl sites for hydroxylation is 1. The lowest BCUT2D eigenvalue weighted by Crippen LogP contribution is -1.98. The van der Waals surface area contributed by atoms with Crippen LogP contribution in [0.15, 0.2) is 104 Å². The SMILES string of the molecule is Cn1cc2c(-c3ccc(OCc4ccccc4)cc3)c(-c3ccncn3)c(-c3ccc(F)cc3)nc2n1. The molecule has 180 valence electrons. The summed E-state index contributed by atoms with van der Waals surface area (Å²) >= 11 is 0. The van der Waals surface area contributed by atoms with Crippen LogP contribution in [0.2, 0.25) is 0 Å². The van der Waals surface area contributed by atoms with Crippen molar-refractivity contribution in [2.45, 2.75) is 6.61 Å². The first kappa shape index (κ1) is 22.5. The molecule has 6 rings (SSSR count). The van der Waals surface area contributed by atoms with E-state index in [-0.39, 0.29) is 5.82 Å². The molecule has 3 aromatic carbocycles. The van der Waals surface area contributed by atoms with E-state index in [2.05, 4.69) is 15.1 Å². The van der Waals surface area contributed by atoms with E-state index >= 15 is 0 Å². The van der Waals surface area contributed by atoms with Gasteiger partial charge in [0.1, 0.15) is 24.5 Å². The van der Waals surface area contributed by atoms with E-state index in [1.54, 1.807) is 23.0 Å². The van der Waals surface area contributed by atoms with E-state index in [1.165, 1.54) is 18.5 Å². The van der Waals surface area contributed by atoms with Crippen molar-refractivity contribution in [3.8, 4) is 39.4 Å². The molecule has 0 spiro atoms. The zero-order valence-electron chi connectivity index (χ0n) is 20.0. The molecule has 3 heterocycles. The van der Waals surface area contributed by atoms with E-state index in [0.29, 0.717) is 23.6 Å².